The highest BCUT2D eigenvalue weighted by molar-refractivity contribution is 6.06. The van der Waals surface area contributed by atoms with E-state index < -0.39 is 51.4 Å². The van der Waals surface area contributed by atoms with E-state index in [4.69, 9.17) is 5.73 Å². The summed E-state index contributed by atoms with van der Waals surface area (Å²) in [7, 11) is 0. The van der Waals surface area contributed by atoms with E-state index in [0.717, 1.165) is 43.2 Å². The highest BCUT2D eigenvalue weighted by atomic mass is 35.5. The van der Waals surface area contributed by atoms with Crippen molar-refractivity contribution in [3.8, 4) is 11.1 Å². The number of carbonyl (C=O) groups is 1. The SMILES string of the molecule is CC1(N)CCCN(c2ccncc2NC(=O)c2ccc(F)c(-c3c(F)cccc3F)c2F)C1.Cl.Cl. The molecule has 2 heterocycles. The number of amides is 1. The van der Waals surface area contributed by atoms with E-state index in [1.807, 2.05) is 11.8 Å². The summed E-state index contributed by atoms with van der Waals surface area (Å²) in [6, 6.07) is 6.28. The molecule has 11 heteroatoms. The number of piperidine rings is 1. The number of hydrogen-bond acceptors (Lipinski definition) is 4. The summed E-state index contributed by atoms with van der Waals surface area (Å²) in [5.41, 5.74) is 4.45. The lowest BCUT2D eigenvalue weighted by atomic mass is 9.92. The Morgan fingerprint density at radius 3 is 2.34 bits per heavy atom. The van der Waals surface area contributed by atoms with E-state index in [1.54, 1.807) is 12.3 Å². The lowest BCUT2D eigenvalue weighted by Gasteiger charge is -2.39. The Morgan fingerprint density at radius 1 is 1.03 bits per heavy atom. The van der Waals surface area contributed by atoms with E-state index >= 15 is 4.39 Å². The third-order valence-electron chi connectivity index (χ3n) is 5.66. The number of halogens is 6. The number of aromatic nitrogens is 1. The normalized spacial score (nSPS) is 17.3. The van der Waals surface area contributed by atoms with Crippen LogP contribution in [0.3, 0.4) is 0 Å². The van der Waals surface area contributed by atoms with Crippen molar-refractivity contribution in [3.05, 3.63) is 77.6 Å². The minimum absolute atomic E-state index is 0. The standard InChI is InChI=1S/C24H22F4N4O.2ClH/c1-24(29)9-3-11-32(13-24)19-8-10-30-12-18(19)31-23(33)14-6-7-17(27)21(22(14)28)20-15(25)4-2-5-16(20)26;;/h2,4-8,10,12H,3,9,11,13,29H2,1H3,(H,31,33);2*1H. The molecule has 1 saturated heterocycles. The Morgan fingerprint density at radius 2 is 1.69 bits per heavy atom. The lowest BCUT2D eigenvalue weighted by molar-refractivity contribution is 0.102. The predicted molar refractivity (Wildman–Crippen MR) is 132 cm³/mol. The van der Waals surface area contributed by atoms with Crippen LogP contribution in [-0.4, -0.2) is 29.5 Å². The van der Waals surface area contributed by atoms with E-state index in [9.17, 15) is 18.0 Å². The molecule has 35 heavy (non-hydrogen) atoms. The first-order valence-corrected chi connectivity index (χ1v) is 10.4. The number of pyridine rings is 1. The van der Waals surface area contributed by atoms with Crippen molar-refractivity contribution in [2.75, 3.05) is 23.3 Å². The van der Waals surface area contributed by atoms with Gasteiger partial charge in [-0.15, -0.1) is 24.8 Å². The van der Waals surface area contributed by atoms with Gasteiger partial charge in [-0.05, 0) is 50.1 Å². The molecule has 1 aliphatic heterocycles. The molecular weight excluding hydrogens is 507 g/mol. The minimum atomic E-state index is -1.37. The first-order valence-electron chi connectivity index (χ1n) is 10.4. The number of benzene rings is 2. The van der Waals surface area contributed by atoms with Gasteiger partial charge < -0.3 is 16.0 Å². The molecule has 0 aliphatic carbocycles. The molecule has 1 fully saturated rings. The second kappa shape index (κ2) is 11.2. The van der Waals surface area contributed by atoms with Crippen molar-refractivity contribution in [1.82, 2.24) is 4.98 Å². The summed E-state index contributed by atoms with van der Waals surface area (Å²) in [6.45, 7) is 3.19. The monoisotopic (exact) mass is 530 g/mol. The van der Waals surface area contributed by atoms with E-state index in [1.165, 1.54) is 6.20 Å². The van der Waals surface area contributed by atoms with Crippen molar-refractivity contribution < 1.29 is 22.4 Å². The number of carbonyl (C=O) groups excluding carboxylic acids is 1. The van der Waals surface area contributed by atoms with Crippen LogP contribution >= 0.6 is 24.8 Å². The van der Waals surface area contributed by atoms with Gasteiger partial charge in [-0.25, -0.2) is 17.6 Å². The average molecular weight is 531 g/mol. The minimum Gasteiger partial charge on any atom is -0.368 e. The molecule has 0 bridgehead atoms. The highest BCUT2D eigenvalue weighted by Crippen LogP contribution is 2.34. The van der Waals surface area contributed by atoms with Crippen LogP contribution in [0.4, 0.5) is 28.9 Å². The Balaban J connectivity index is 0.00000216. The van der Waals surface area contributed by atoms with Crippen LogP contribution in [0.5, 0.6) is 0 Å². The molecule has 3 N–H and O–H groups in total. The zero-order valence-electron chi connectivity index (χ0n) is 18.7. The number of anilines is 2. The molecule has 3 aromatic rings. The van der Waals surface area contributed by atoms with Crippen molar-refractivity contribution >= 4 is 42.1 Å². The van der Waals surface area contributed by atoms with Gasteiger partial charge in [-0.1, -0.05) is 6.07 Å². The summed E-state index contributed by atoms with van der Waals surface area (Å²) < 4.78 is 58.0. The van der Waals surface area contributed by atoms with Crippen LogP contribution in [0.1, 0.15) is 30.1 Å². The van der Waals surface area contributed by atoms with Gasteiger partial charge in [-0.3, -0.25) is 9.78 Å². The van der Waals surface area contributed by atoms with Gasteiger partial charge in [-0.2, -0.15) is 0 Å². The average Bonchev–Trinajstić information content (AvgIpc) is 2.75. The number of rotatable bonds is 4. The summed E-state index contributed by atoms with van der Waals surface area (Å²) in [5, 5.41) is 2.59. The van der Waals surface area contributed by atoms with Gasteiger partial charge in [0.05, 0.1) is 34.3 Å². The van der Waals surface area contributed by atoms with Gasteiger partial charge >= 0.3 is 0 Å². The van der Waals surface area contributed by atoms with Gasteiger partial charge in [0.25, 0.3) is 5.91 Å². The van der Waals surface area contributed by atoms with Gasteiger partial charge in [0, 0.05) is 24.8 Å². The summed E-state index contributed by atoms with van der Waals surface area (Å²) in [4.78, 5) is 19.0. The molecule has 188 valence electrons. The molecule has 1 aliphatic rings. The largest absolute Gasteiger partial charge is 0.368 e. The molecule has 1 amide bonds. The Labute approximate surface area is 212 Å². The van der Waals surface area contributed by atoms with Crippen molar-refractivity contribution in [2.45, 2.75) is 25.3 Å². The molecule has 0 spiro atoms. The lowest BCUT2D eigenvalue weighted by Crippen LogP contribution is -2.52. The first-order chi connectivity index (χ1) is 15.7. The molecule has 1 unspecified atom stereocenters. The van der Waals surface area contributed by atoms with Crippen LogP contribution in [0.15, 0.2) is 48.8 Å². The van der Waals surface area contributed by atoms with Crippen LogP contribution in [0.2, 0.25) is 0 Å². The maximum atomic E-state index is 15.2. The highest BCUT2D eigenvalue weighted by Gasteiger charge is 2.29. The van der Waals surface area contributed by atoms with Crippen molar-refractivity contribution in [1.29, 1.82) is 0 Å². The van der Waals surface area contributed by atoms with Gasteiger partial charge in [0.15, 0.2) is 0 Å². The third-order valence-corrected chi connectivity index (χ3v) is 5.66. The summed E-state index contributed by atoms with van der Waals surface area (Å²) >= 11 is 0. The zero-order chi connectivity index (χ0) is 23.8. The van der Waals surface area contributed by atoms with Crippen molar-refractivity contribution in [2.24, 2.45) is 5.73 Å². The smallest absolute Gasteiger partial charge is 0.258 e. The second-order valence-electron chi connectivity index (χ2n) is 8.41. The molecule has 5 nitrogen and oxygen atoms in total. The topological polar surface area (TPSA) is 71.2 Å². The summed E-state index contributed by atoms with van der Waals surface area (Å²) in [5.74, 6) is -5.75. The molecule has 4 rings (SSSR count). The van der Waals surface area contributed by atoms with Crippen molar-refractivity contribution in [3.63, 3.8) is 0 Å². The first kappa shape index (κ1) is 28.4. The van der Waals surface area contributed by atoms with Crippen LogP contribution in [0.25, 0.3) is 11.1 Å². The zero-order valence-corrected chi connectivity index (χ0v) is 20.3. The number of hydrogen-bond donors (Lipinski definition) is 2. The quantitative estimate of drug-likeness (QED) is 0.423. The fraction of sp³-hybridized carbons (Fsp3) is 0.250. The molecule has 1 aromatic heterocycles. The fourth-order valence-electron chi connectivity index (χ4n) is 4.12. The Hall–Kier alpha value is -2.88. The summed E-state index contributed by atoms with van der Waals surface area (Å²) in [6.07, 6.45) is 4.68. The Bertz CT molecular complexity index is 1210. The number of nitrogens with zero attached hydrogens (tertiary/aromatic N) is 2. The van der Waals surface area contributed by atoms with E-state index in [-0.39, 0.29) is 24.8 Å². The van der Waals surface area contributed by atoms with E-state index in [2.05, 4.69) is 10.3 Å². The maximum absolute atomic E-state index is 15.2. The molecule has 0 radical (unpaired) electrons. The van der Waals surface area contributed by atoms with Crippen LogP contribution in [-0.2, 0) is 0 Å². The van der Waals surface area contributed by atoms with Gasteiger partial charge in [0.1, 0.15) is 23.3 Å². The molecule has 2 aromatic carbocycles. The fourth-order valence-corrected chi connectivity index (χ4v) is 4.12. The second-order valence-corrected chi connectivity index (χ2v) is 8.41. The third kappa shape index (κ3) is 5.86. The molecule has 1 atom stereocenters. The van der Waals surface area contributed by atoms with E-state index in [0.29, 0.717) is 24.5 Å². The Kier molecular flexibility index (Phi) is 9.11. The van der Waals surface area contributed by atoms with Crippen LogP contribution in [0, 0.1) is 23.3 Å². The van der Waals surface area contributed by atoms with Gasteiger partial charge in [0.2, 0.25) is 0 Å². The predicted octanol–water partition coefficient (Wildman–Crippen LogP) is 5.72. The number of nitrogens with one attached hydrogen (secondary N) is 1. The number of nitrogens with two attached hydrogens (primary N) is 1. The van der Waals surface area contributed by atoms with Crippen LogP contribution < -0.4 is 16.0 Å². The maximum Gasteiger partial charge on any atom is 0.258 e. The molecule has 0 saturated carbocycles. The molecular formula is C24H24Cl2F4N4O.